The zero-order valence-electron chi connectivity index (χ0n) is 10.9. The van der Waals surface area contributed by atoms with Crippen LogP contribution in [0.4, 0.5) is 4.39 Å². The second-order valence-electron chi connectivity index (χ2n) is 4.29. The SMILES string of the molecule is CNCc1cc(Cl)cc(Cl)c1OCc1ccccc1F. The average molecular weight is 314 g/mol. The van der Waals surface area contributed by atoms with Crippen LogP contribution in [0.3, 0.4) is 0 Å². The molecule has 2 nitrogen and oxygen atoms in total. The first-order valence-electron chi connectivity index (χ1n) is 6.10. The van der Waals surface area contributed by atoms with Gasteiger partial charge in [-0.25, -0.2) is 4.39 Å². The average Bonchev–Trinajstić information content (AvgIpc) is 2.40. The van der Waals surface area contributed by atoms with E-state index in [1.807, 2.05) is 7.05 Å². The molecule has 0 heterocycles. The van der Waals surface area contributed by atoms with Crippen LogP contribution >= 0.6 is 23.2 Å². The molecule has 0 aliphatic rings. The Balaban J connectivity index is 2.22. The van der Waals surface area contributed by atoms with Crippen molar-refractivity contribution < 1.29 is 9.13 Å². The molecule has 0 aliphatic carbocycles. The monoisotopic (exact) mass is 313 g/mol. The summed E-state index contributed by atoms with van der Waals surface area (Å²) in [6.45, 7) is 0.678. The van der Waals surface area contributed by atoms with Crippen LogP contribution in [0, 0.1) is 5.82 Å². The Morgan fingerprint density at radius 1 is 1.15 bits per heavy atom. The first-order chi connectivity index (χ1) is 9.61. The molecule has 0 unspecified atom stereocenters. The summed E-state index contributed by atoms with van der Waals surface area (Å²) in [4.78, 5) is 0. The Labute approximate surface area is 127 Å². The largest absolute Gasteiger partial charge is 0.487 e. The van der Waals surface area contributed by atoms with E-state index in [4.69, 9.17) is 27.9 Å². The maximum absolute atomic E-state index is 13.6. The third-order valence-electron chi connectivity index (χ3n) is 2.78. The van der Waals surface area contributed by atoms with Crippen LogP contribution in [0.2, 0.25) is 10.0 Å². The van der Waals surface area contributed by atoms with Gasteiger partial charge in [0.05, 0.1) is 5.02 Å². The first kappa shape index (κ1) is 15.1. The molecule has 0 aliphatic heterocycles. The van der Waals surface area contributed by atoms with E-state index in [9.17, 15) is 4.39 Å². The molecule has 0 amide bonds. The fourth-order valence-corrected chi connectivity index (χ4v) is 2.45. The van der Waals surface area contributed by atoms with Crippen LogP contribution in [0.5, 0.6) is 5.75 Å². The maximum Gasteiger partial charge on any atom is 0.142 e. The van der Waals surface area contributed by atoms with E-state index in [0.717, 1.165) is 5.56 Å². The van der Waals surface area contributed by atoms with Gasteiger partial charge in [0.25, 0.3) is 0 Å². The highest BCUT2D eigenvalue weighted by atomic mass is 35.5. The van der Waals surface area contributed by atoms with Gasteiger partial charge in [-0.15, -0.1) is 0 Å². The quantitative estimate of drug-likeness (QED) is 0.881. The van der Waals surface area contributed by atoms with Crippen molar-refractivity contribution in [1.82, 2.24) is 5.32 Å². The number of rotatable bonds is 5. The minimum atomic E-state index is -0.298. The zero-order valence-corrected chi connectivity index (χ0v) is 12.4. The standard InChI is InChI=1S/C15H14Cl2FNO/c1-19-8-11-6-12(16)7-13(17)15(11)20-9-10-4-2-3-5-14(10)18/h2-7,19H,8-9H2,1H3. The molecular formula is C15H14Cl2FNO. The fourth-order valence-electron chi connectivity index (χ4n) is 1.86. The number of nitrogens with one attached hydrogen (secondary N) is 1. The van der Waals surface area contributed by atoms with E-state index in [0.29, 0.717) is 27.9 Å². The van der Waals surface area contributed by atoms with Gasteiger partial charge < -0.3 is 10.1 Å². The van der Waals surface area contributed by atoms with Gasteiger partial charge >= 0.3 is 0 Å². The minimum absolute atomic E-state index is 0.116. The van der Waals surface area contributed by atoms with Gasteiger partial charge in [0.2, 0.25) is 0 Å². The highest BCUT2D eigenvalue weighted by molar-refractivity contribution is 6.35. The van der Waals surface area contributed by atoms with Crippen molar-refractivity contribution >= 4 is 23.2 Å². The number of hydrogen-bond acceptors (Lipinski definition) is 2. The van der Waals surface area contributed by atoms with Crippen LogP contribution in [-0.4, -0.2) is 7.05 Å². The molecule has 106 valence electrons. The summed E-state index contributed by atoms with van der Waals surface area (Å²) in [5.41, 5.74) is 1.32. The van der Waals surface area contributed by atoms with Gasteiger partial charge in [-0.3, -0.25) is 0 Å². The third kappa shape index (κ3) is 3.63. The Hall–Kier alpha value is -1.29. The number of hydrogen-bond donors (Lipinski definition) is 1. The van der Waals surface area contributed by atoms with Crippen molar-refractivity contribution in [3.05, 3.63) is 63.4 Å². The third-order valence-corrected chi connectivity index (χ3v) is 3.28. The molecule has 20 heavy (non-hydrogen) atoms. The normalized spacial score (nSPS) is 10.6. The van der Waals surface area contributed by atoms with Crippen LogP contribution in [0.15, 0.2) is 36.4 Å². The van der Waals surface area contributed by atoms with Crippen molar-refractivity contribution in [2.24, 2.45) is 0 Å². The van der Waals surface area contributed by atoms with E-state index in [2.05, 4.69) is 5.32 Å². The van der Waals surface area contributed by atoms with Crippen LogP contribution < -0.4 is 10.1 Å². The Morgan fingerprint density at radius 2 is 1.90 bits per heavy atom. The summed E-state index contributed by atoms with van der Waals surface area (Å²) in [5.74, 6) is 0.224. The smallest absolute Gasteiger partial charge is 0.142 e. The van der Waals surface area contributed by atoms with Crippen molar-refractivity contribution in [3.63, 3.8) is 0 Å². The van der Waals surface area contributed by atoms with E-state index in [1.54, 1.807) is 30.3 Å². The van der Waals surface area contributed by atoms with Gasteiger partial charge in [-0.05, 0) is 25.2 Å². The first-order valence-corrected chi connectivity index (χ1v) is 6.86. The van der Waals surface area contributed by atoms with Crippen molar-refractivity contribution in [2.75, 3.05) is 7.05 Å². The van der Waals surface area contributed by atoms with Crippen molar-refractivity contribution in [3.8, 4) is 5.75 Å². The summed E-state index contributed by atoms with van der Waals surface area (Å²) in [6, 6.07) is 9.87. The van der Waals surface area contributed by atoms with E-state index < -0.39 is 0 Å². The predicted octanol–water partition coefficient (Wildman–Crippen LogP) is 4.43. The van der Waals surface area contributed by atoms with E-state index in [1.165, 1.54) is 6.07 Å². The van der Waals surface area contributed by atoms with Crippen LogP contribution in [0.1, 0.15) is 11.1 Å². The molecular weight excluding hydrogens is 300 g/mol. The minimum Gasteiger partial charge on any atom is -0.487 e. The summed E-state index contributed by atoms with van der Waals surface area (Å²) in [5, 5.41) is 3.97. The lowest BCUT2D eigenvalue weighted by Gasteiger charge is -2.14. The molecule has 0 aromatic heterocycles. The van der Waals surface area contributed by atoms with Gasteiger partial charge in [0, 0.05) is 22.7 Å². The molecule has 0 saturated heterocycles. The lowest BCUT2D eigenvalue weighted by Crippen LogP contribution is -2.08. The molecule has 0 spiro atoms. The summed E-state index contributed by atoms with van der Waals surface area (Å²) in [6.07, 6.45) is 0. The number of halogens is 3. The highest BCUT2D eigenvalue weighted by Crippen LogP contribution is 2.33. The van der Waals surface area contributed by atoms with Crippen LogP contribution in [0.25, 0.3) is 0 Å². The predicted molar refractivity (Wildman–Crippen MR) is 80.0 cm³/mol. The highest BCUT2D eigenvalue weighted by Gasteiger charge is 2.11. The van der Waals surface area contributed by atoms with Gasteiger partial charge in [0.1, 0.15) is 18.2 Å². The van der Waals surface area contributed by atoms with E-state index in [-0.39, 0.29) is 12.4 Å². The lowest BCUT2D eigenvalue weighted by molar-refractivity contribution is 0.296. The molecule has 1 N–H and O–H groups in total. The second kappa shape index (κ2) is 6.93. The summed E-state index contributed by atoms with van der Waals surface area (Å²) in [7, 11) is 1.81. The molecule has 2 aromatic carbocycles. The van der Waals surface area contributed by atoms with Crippen molar-refractivity contribution in [1.29, 1.82) is 0 Å². The molecule has 5 heteroatoms. The fraction of sp³-hybridized carbons (Fsp3) is 0.200. The molecule has 0 radical (unpaired) electrons. The second-order valence-corrected chi connectivity index (χ2v) is 5.13. The zero-order chi connectivity index (χ0) is 14.5. The summed E-state index contributed by atoms with van der Waals surface area (Å²) < 4.78 is 19.2. The topological polar surface area (TPSA) is 21.3 Å². The lowest BCUT2D eigenvalue weighted by atomic mass is 10.2. The molecule has 0 fully saturated rings. The van der Waals surface area contributed by atoms with Gasteiger partial charge in [-0.1, -0.05) is 41.4 Å². The Kier molecular flexibility index (Phi) is 5.24. The number of benzene rings is 2. The Morgan fingerprint density at radius 3 is 2.60 bits per heavy atom. The van der Waals surface area contributed by atoms with Crippen molar-refractivity contribution in [2.45, 2.75) is 13.2 Å². The molecule has 0 saturated carbocycles. The summed E-state index contributed by atoms with van der Waals surface area (Å²) >= 11 is 12.1. The number of ether oxygens (including phenoxy) is 1. The molecule has 2 aromatic rings. The van der Waals surface area contributed by atoms with Gasteiger partial charge in [-0.2, -0.15) is 0 Å². The van der Waals surface area contributed by atoms with Crippen LogP contribution in [-0.2, 0) is 13.2 Å². The molecule has 2 rings (SSSR count). The maximum atomic E-state index is 13.6. The molecule has 0 atom stereocenters. The van der Waals surface area contributed by atoms with E-state index >= 15 is 0 Å². The Bertz CT molecular complexity index is 604. The molecule has 0 bridgehead atoms. The van der Waals surface area contributed by atoms with Gasteiger partial charge in [0.15, 0.2) is 0 Å².